The van der Waals surface area contributed by atoms with Crippen molar-refractivity contribution in [1.29, 1.82) is 0 Å². The molecule has 122 valence electrons. The van der Waals surface area contributed by atoms with Crippen LogP contribution in [-0.4, -0.2) is 56.8 Å². The molecule has 0 aliphatic carbocycles. The van der Waals surface area contributed by atoms with Gasteiger partial charge in [0.25, 0.3) is 0 Å². The molecule has 2 rings (SSSR count). The first-order valence-electron chi connectivity index (χ1n) is 7.41. The van der Waals surface area contributed by atoms with Gasteiger partial charge in [-0.1, -0.05) is 6.92 Å². The Morgan fingerprint density at radius 2 is 1.82 bits per heavy atom. The average Bonchev–Trinajstić information content (AvgIpc) is 3.06. The second-order valence-corrected chi connectivity index (χ2v) is 7.13. The van der Waals surface area contributed by atoms with Crippen LogP contribution in [0.5, 0.6) is 5.75 Å². The molecule has 0 unspecified atom stereocenters. The van der Waals surface area contributed by atoms with Gasteiger partial charge in [0.1, 0.15) is 5.75 Å². The lowest BCUT2D eigenvalue weighted by atomic mass is 10.3. The summed E-state index contributed by atoms with van der Waals surface area (Å²) in [5.41, 5.74) is 0. The third kappa shape index (κ3) is 3.59. The summed E-state index contributed by atoms with van der Waals surface area (Å²) in [7, 11) is -2.15. The smallest absolute Gasteiger partial charge is 0.243 e. The van der Waals surface area contributed by atoms with Crippen LogP contribution in [0.4, 0.5) is 0 Å². The molecule has 1 fully saturated rings. The third-order valence-electron chi connectivity index (χ3n) is 3.82. The zero-order valence-corrected chi connectivity index (χ0v) is 13.8. The Morgan fingerprint density at radius 1 is 1.23 bits per heavy atom. The number of hydrogen-bond donors (Lipinski definition) is 0. The van der Waals surface area contributed by atoms with E-state index < -0.39 is 10.0 Å². The molecule has 7 heteroatoms. The molecule has 1 aromatic rings. The summed E-state index contributed by atoms with van der Waals surface area (Å²) in [6.45, 7) is 3.33. The Morgan fingerprint density at radius 3 is 2.32 bits per heavy atom. The van der Waals surface area contributed by atoms with E-state index in [2.05, 4.69) is 0 Å². The fourth-order valence-corrected chi connectivity index (χ4v) is 3.88. The molecule has 1 aliphatic rings. The molecular weight excluding hydrogens is 304 g/mol. The van der Waals surface area contributed by atoms with Crippen molar-refractivity contribution >= 4 is 15.9 Å². The van der Waals surface area contributed by atoms with Crippen LogP contribution in [0, 0.1) is 0 Å². The number of likely N-dealkylation sites (tertiary alicyclic amines) is 1. The average molecular weight is 326 g/mol. The van der Waals surface area contributed by atoms with Crippen LogP contribution in [-0.2, 0) is 14.8 Å². The summed E-state index contributed by atoms with van der Waals surface area (Å²) in [5, 5.41) is 0. The standard InChI is InChI=1S/C15H22N2O4S/c1-3-17(12-15(18)16-10-4-5-11-16)22(19,20)14-8-6-13(21-2)7-9-14/h6-9H,3-5,10-12H2,1-2H3. The summed E-state index contributed by atoms with van der Waals surface area (Å²) < 4.78 is 31.5. The van der Waals surface area contributed by atoms with Crippen LogP contribution in [0.25, 0.3) is 0 Å². The van der Waals surface area contributed by atoms with Crippen molar-refractivity contribution in [2.24, 2.45) is 0 Å². The lowest BCUT2D eigenvalue weighted by Gasteiger charge is -2.23. The molecule has 1 aromatic carbocycles. The van der Waals surface area contributed by atoms with Crippen LogP contribution in [0.1, 0.15) is 19.8 Å². The molecule has 0 atom stereocenters. The van der Waals surface area contributed by atoms with E-state index in [0.29, 0.717) is 5.75 Å². The van der Waals surface area contributed by atoms with Gasteiger partial charge in [-0.2, -0.15) is 4.31 Å². The number of carbonyl (C=O) groups excluding carboxylic acids is 1. The molecular formula is C15H22N2O4S. The number of carbonyl (C=O) groups is 1. The van der Waals surface area contributed by atoms with Gasteiger partial charge in [-0.25, -0.2) is 8.42 Å². The van der Waals surface area contributed by atoms with Gasteiger partial charge >= 0.3 is 0 Å². The summed E-state index contributed by atoms with van der Waals surface area (Å²) in [6, 6.07) is 6.19. The van der Waals surface area contributed by atoms with E-state index in [4.69, 9.17) is 4.74 Å². The highest BCUT2D eigenvalue weighted by Gasteiger charge is 2.28. The molecule has 6 nitrogen and oxygen atoms in total. The Labute approximate surface area is 131 Å². The minimum absolute atomic E-state index is 0.106. The zero-order valence-electron chi connectivity index (χ0n) is 13.0. The lowest BCUT2D eigenvalue weighted by Crippen LogP contribution is -2.41. The van der Waals surface area contributed by atoms with Crippen molar-refractivity contribution in [3.63, 3.8) is 0 Å². The van der Waals surface area contributed by atoms with Gasteiger partial charge in [0.15, 0.2) is 0 Å². The van der Waals surface area contributed by atoms with Gasteiger partial charge in [-0.15, -0.1) is 0 Å². The largest absolute Gasteiger partial charge is 0.497 e. The summed E-state index contributed by atoms with van der Waals surface area (Å²) in [5.74, 6) is 0.464. The minimum atomic E-state index is -3.67. The molecule has 0 spiro atoms. The molecule has 0 saturated carbocycles. The van der Waals surface area contributed by atoms with Crippen LogP contribution < -0.4 is 4.74 Å². The SMILES string of the molecule is CCN(CC(=O)N1CCCC1)S(=O)(=O)c1ccc(OC)cc1. The quantitative estimate of drug-likeness (QED) is 0.791. The van der Waals surface area contributed by atoms with Gasteiger partial charge < -0.3 is 9.64 Å². The molecule has 1 aliphatic heterocycles. The van der Waals surface area contributed by atoms with E-state index in [-0.39, 0.29) is 23.9 Å². The molecule has 0 N–H and O–H groups in total. The summed E-state index contributed by atoms with van der Waals surface area (Å²) >= 11 is 0. The van der Waals surface area contributed by atoms with Crippen molar-refractivity contribution in [2.45, 2.75) is 24.7 Å². The maximum atomic E-state index is 12.6. The van der Waals surface area contributed by atoms with Gasteiger partial charge in [-0.05, 0) is 37.1 Å². The monoisotopic (exact) mass is 326 g/mol. The van der Waals surface area contributed by atoms with Crippen LogP contribution in [0.2, 0.25) is 0 Å². The second kappa shape index (κ2) is 7.11. The number of hydrogen-bond acceptors (Lipinski definition) is 4. The molecule has 1 heterocycles. The number of ether oxygens (including phenoxy) is 1. The van der Waals surface area contributed by atoms with Gasteiger partial charge in [0, 0.05) is 19.6 Å². The Kier molecular flexibility index (Phi) is 5.42. The first-order valence-corrected chi connectivity index (χ1v) is 8.85. The molecule has 0 radical (unpaired) electrons. The predicted octanol–water partition coefficient (Wildman–Crippen LogP) is 1.33. The van der Waals surface area contributed by atoms with Crippen LogP contribution >= 0.6 is 0 Å². The maximum Gasteiger partial charge on any atom is 0.243 e. The van der Waals surface area contributed by atoms with Crippen molar-refractivity contribution in [1.82, 2.24) is 9.21 Å². The van der Waals surface area contributed by atoms with Crippen molar-refractivity contribution in [3.8, 4) is 5.75 Å². The summed E-state index contributed by atoms with van der Waals surface area (Å²) in [6.07, 6.45) is 1.98. The number of rotatable bonds is 6. The lowest BCUT2D eigenvalue weighted by molar-refractivity contribution is -0.130. The predicted molar refractivity (Wildman–Crippen MR) is 83.2 cm³/mol. The highest BCUT2D eigenvalue weighted by molar-refractivity contribution is 7.89. The third-order valence-corrected chi connectivity index (χ3v) is 5.76. The molecule has 1 amide bonds. The van der Waals surface area contributed by atoms with E-state index in [1.165, 1.54) is 23.5 Å². The second-order valence-electron chi connectivity index (χ2n) is 5.19. The van der Waals surface area contributed by atoms with Crippen molar-refractivity contribution in [2.75, 3.05) is 33.3 Å². The van der Waals surface area contributed by atoms with Crippen LogP contribution in [0.15, 0.2) is 29.2 Å². The number of likely N-dealkylation sites (N-methyl/N-ethyl adjacent to an activating group) is 1. The van der Waals surface area contributed by atoms with E-state index in [1.54, 1.807) is 24.0 Å². The van der Waals surface area contributed by atoms with Crippen molar-refractivity contribution in [3.05, 3.63) is 24.3 Å². The highest BCUT2D eigenvalue weighted by Crippen LogP contribution is 2.20. The van der Waals surface area contributed by atoms with E-state index in [0.717, 1.165) is 25.9 Å². The van der Waals surface area contributed by atoms with Gasteiger partial charge in [-0.3, -0.25) is 4.79 Å². The number of benzene rings is 1. The number of methoxy groups -OCH3 is 1. The highest BCUT2D eigenvalue weighted by atomic mass is 32.2. The van der Waals surface area contributed by atoms with Gasteiger partial charge in [0.05, 0.1) is 18.6 Å². The Hall–Kier alpha value is -1.60. The van der Waals surface area contributed by atoms with E-state index in [1.807, 2.05) is 0 Å². The van der Waals surface area contributed by atoms with E-state index in [9.17, 15) is 13.2 Å². The number of nitrogens with zero attached hydrogens (tertiary/aromatic N) is 2. The first-order chi connectivity index (χ1) is 10.5. The van der Waals surface area contributed by atoms with Gasteiger partial charge in [0.2, 0.25) is 15.9 Å². The minimum Gasteiger partial charge on any atom is -0.497 e. The number of amides is 1. The van der Waals surface area contributed by atoms with Crippen LogP contribution in [0.3, 0.4) is 0 Å². The zero-order chi connectivity index (χ0) is 16.2. The topological polar surface area (TPSA) is 66.9 Å². The fourth-order valence-electron chi connectivity index (χ4n) is 2.48. The van der Waals surface area contributed by atoms with Crippen molar-refractivity contribution < 1.29 is 17.9 Å². The normalized spacial score (nSPS) is 15.3. The summed E-state index contributed by atoms with van der Waals surface area (Å²) in [4.78, 5) is 14.1. The Balaban J connectivity index is 2.14. The molecule has 0 aromatic heterocycles. The Bertz CT molecular complexity index is 607. The number of sulfonamides is 1. The molecule has 22 heavy (non-hydrogen) atoms. The first kappa shape index (κ1) is 16.8. The molecule has 1 saturated heterocycles. The fraction of sp³-hybridized carbons (Fsp3) is 0.533. The maximum absolute atomic E-state index is 12.6. The molecule has 0 bridgehead atoms. The van der Waals surface area contributed by atoms with E-state index >= 15 is 0 Å².